The highest BCUT2D eigenvalue weighted by molar-refractivity contribution is 6.17. The number of fused-ring (bicyclic) bond motifs is 7. The summed E-state index contributed by atoms with van der Waals surface area (Å²) in [5.74, 6) is 1.81. The molecule has 2 aromatic heterocycles. The lowest BCUT2D eigenvalue weighted by Crippen LogP contribution is -2.04. The smallest absolute Gasteiger partial charge is 0.164 e. The number of aromatic nitrogens is 4. The fraction of sp³-hybridized carbons (Fsp3) is 0. The van der Waals surface area contributed by atoms with E-state index in [1.54, 1.807) is 0 Å². The number of nitrogens with zero attached hydrogens (tertiary/aromatic N) is 4. The Balaban J connectivity index is 1.09. The van der Waals surface area contributed by atoms with Crippen molar-refractivity contribution >= 4 is 64.9 Å². The van der Waals surface area contributed by atoms with Gasteiger partial charge in [-0.3, -0.25) is 0 Å². The van der Waals surface area contributed by atoms with E-state index in [2.05, 4.69) is 259 Å². The molecular weight excluding hydrogens is 861 g/mol. The zero-order chi connectivity index (χ0) is 46.8. The van der Waals surface area contributed by atoms with Gasteiger partial charge in [0.05, 0.1) is 16.7 Å². The maximum atomic E-state index is 5.58. The summed E-state index contributed by atoms with van der Waals surface area (Å²) in [6.45, 7) is 0. The van der Waals surface area contributed by atoms with E-state index in [1.807, 2.05) is 0 Å². The largest absolute Gasteiger partial charge is 0.309 e. The highest BCUT2D eigenvalue weighted by Gasteiger charge is 2.24. The van der Waals surface area contributed by atoms with E-state index in [9.17, 15) is 0 Å². The van der Waals surface area contributed by atoms with Crippen molar-refractivity contribution in [2.75, 3.05) is 0 Å². The van der Waals surface area contributed by atoms with Crippen molar-refractivity contribution in [2.24, 2.45) is 0 Å². The Hall–Kier alpha value is -9.51. The molecule has 0 amide bonds. The lowest BCUT2D eigenvalue weighted by Gasteiger charge is -2.21. The molecule has 0 radical (unpaired) electrons. The first-order chi connectivity index (χ1) is 35.2. The van der Waals surface area contributed by atoms with Gasteiger partial charge in [0.1, 0.15) is 0 Å². The monoisotopic (exact) mass is 902 g/mol. The highest BCUT2D eigenvalue weighted by Crippen LogP contribution is 2.46. The van der Waals surface area contributed by atoms with E-state index in [0.29, 0.717) is 17.5 Å². The molecular formula is C67H42N4. The standard InChI is InChI=1S/C67H42N4/c1-3-18-43(19-4-1)44-34-36-47(37-35-44)65-68-66(58-39-38-51(45-20-5-2-6-21-45)52-27-11-12-28-53(52)58)70-67(69-65)60-42-63(64(57-31-14-13-29-54(57)60)56-32-17-25-46-22-9-10-26-50(46)56)71-61-33-16-15-30-55(61)59-40-48-23-7-8-24-49(48)41-62(59)71/h1-42H. The maximum absolute atomic E-state index is 5.58. The van der Waals surface area contributed by atoms with E-state index < -0.39 is 0 Å². The van der Waals surface area contributed by atoms with Gasteiger partial charge in [0.2, 0.25) is 0 Å². The minimum atomic E-state index is 0.599. The van der Waals surface area contributed by atoms with Crippen molar-refractivity contribution in [1.82, 2.24) is 19.5 Å². The number of rotatable bonds is 7. The number of benzene rings is 12. The first-order valence-corrected chi connectivity index (χ1v) is 24.2. The molecule has 14 aromatic rings. The van der Waals surface area contributed by atoms with E-state index in [4.69, 9.17) is 15.0 Å². The van der Waals surface area contributed by atoms with Gasteiger partial charge in [0, 0.05) is 33.0 Å². The molecule has 0 aliphatic heterocycles. The summed E-state index contributed by atoms with van der Waals surface area (Å²) in [6.07, 6.45) is 0. The Morgan fingerprint density at radius 3 is 1.46 bits per heavy atom. The number of hydrogen-bond acceptors (Lipinski definition) is 3. The van der Waals surface area contributed by atoms with Gasteiger partial charge >= 0.3 is 0 Å². The first kappa shape index (κ1) is 40.5. The van der Waals surface area contributed by atoms with E-state index in [-0.39, 0.29) is 0 Å². The zero-order valence-electron chi connectivity index (χ0n) is 38.5. The van der Waals surface area contributed by atoms with E-state index in [1.165, 1.54) is 32.3 Å². The summed E-state index contributed by atoms with van der Waals surface area (Å²) >= 11 is 0. The van der Waals surface area contributed by atoms with Crippen LogP contribution in [0.2, 0.25) is 0 Å². The average Bonchev–Trinajstić information content (AvgIpc) is 3.77. The molecule has 4 heteroatoms. The van der Waals surface area contributed by atoms with Crippen molar-refractivity contribution in [1.29, 1.82) is 0 Å². The third-order valence-electron chi connectivity index (χ3n) is 14.2. The fourth-order valence-corrected chi connectivity index (χ4v) is 10.9. The van der Waals surface area contributed by atoms with Gasteiger partial charge in [-0.05, 0) is 101 Å². The summed E-state index contributed by atoms with van der Waals surface area (Å²) in [5.41, 5.74) is 13.0. The summed E-state index contributed by atoms with van der Waals surface area (Å²) in [4.78, 5) is 16.5. The van der Waals surface area contributed by atoms with Crippen molar-refractivity contribution < 1.29 is 0 Å². The lowest BCUT2D eigenvalue weighted by atomic mass is 9.89. The lowest BCUT2D eigenvalue weighted by molar-refractivity contribution is 1.08. The van der Waals surface area contributed by atoms with E-state index >= 15 is 0 Å². The minimum absolute atomic E-state index is 0.599. The zero-order valence-corrected chi connectivity index (χ0v) is 38.5. The highest BCUT2D eigenvalue weighted by atomic mass is 15.0. The van der Waals surface area contributed by atoms with Crippen molar-refractivity contribution in [2.45, 2.75) is 0 Å². The van der Waals surface area contributed by atoms with Crippen LogP contribution in [0.4, 0.5) is 0 Å². The van der Waals surface area contributed by atoms with Crippen LogP contribution in [0.25, 0.3) is 138 Å². The van der Waals surface area contributed by atoms with Gasteiger partial charge in [0.25, 0.3) is 0 Å². The van der Waals surface area contributed by atoms with Crippen LogP contribution >= 0.6 is 0 Å². The molecule has 0 saturated carbocycles. The van der Waals surface area contributed by atoms with Crippen LogP contribution in [0.1, 0.15) is 0 Å². The van der Waals surface area contributed by atoms with Crippen LogP contribution in [0, 0.1) is 0 Å². The summed E-state index contributed by atoms with van der Waals surface area (Å²) < 4.78 is 2.48. The van der Waals surface area contributed by atoms with Gasteiger partial charge in [-0.2, -0.15) is 0 Å². The van der Waals surface area contributed by atoms with Gasteiger partial charge in [0.15, 0.2) is 17.5 Å². The van der Waals surface area contributed by atoms with Gasteiger partial charge < -0.3 is 4.57 Å². The summed E-state index contributed by atoms with van der Waals surface area (Å²) in [5, 5.41) is 11.5. The SMILES string of the molecule is c1ccc(-c2ccc(-c3nc(-c4ccc(-c5ccccc5)c5ccccc45)nc(-c4cc(-n5c6ccccc6c6cc7ccccc7cc65)c(-c5cccc6ccccc56)c5ccccc45)n3)cc2)cc1. The van der Waals surface area contributed by atoms with Gasteiger partial charge in [-0.1, -0.05) is 224 Å². The molecule has 0 N–H and O–H groups in total. The van der Waals surface area contributed by atoms with Crippen LogP contribution in [-0.4, -0.2) is 19.5 Å². The van der Waals surface area contributed by atoms with Crippen LogP contribution in [0.3, 0.4) is 0 Å². The summed E-state index contributed by atoms with van der Waals surface area (Å²) in [6, 6.07) is 91.4. The maximum Gasteiger partial charge on any atom is 0.164 e. The third-order valence-corrected chi connectivity index (χ3v) is 14.2. The molecule has 0 spiro atoms. The Labute approximate surface area is 410 Å². The molecule has 14 rings (SSSR count). The second kappa shape index (κ2) is 16.6. The normalized spacial score (nSPS) is 11.7. The van der Waals surface area contributed by atoms with Crippen LogP contribution < -0.4 is 0 Å². The van der Waals surface area contributed by atoms with Crippen LogP contribution in [-0.2, 0) is 0 Å². The molecule has 0 saturated heterocycles. The number of hydrogen-bond donors (Lipinski definition) is 0. The second-order valence-electron chi connectivity index (χ2n) is 18.3. The second-order valence-corrected chi connectivity index (χ2v) is 18.3. The molecule has 4 nitrogen and oxygen atoms in total. The Morgan fingerprint density at radius 2 is 0.732 bits per heavy atom. The van der Waals surface area contributed by atoms with Gasteiger partial charge in [-0.15, -0.1) is 0 Å². The third kappa shape index (κ3) is 6.80. The van der Waals surface area contributed by atoms with Crippen LogP contribution in [0.5, 0.6) is 0 Å². The summed E-state index contributed by atoms with van der Waals surface area (Å²) in [7, 11) is 0. The predicted octanol–water partition coefficient (Wildman–Crippen LogP) is 17.6. The predicted molar refractivity (Wildman–Crippen MR) is 297 cm³/mol. The minimum Gasteiger partial charge on any atom is -0.309 e. The molecule has 0 unspecified atom stereocenters. The van der Waals surface area contributed by atoms with Gasteiger partial charge in [-0.25, -0.2) is 15.0 Å². The molecule has 2 heterocycles. The molecule has 0 bridgehead atoms. The molecule has 330 valence electrons. The Morgan fingerprint density at radius 1 is 0.239 bits per heavy atom. The number of para-hydroxylation sites is 1. The molecule has 0 aliphatic rings. The van der Waals surface area contributed by atoms with Crippen LogP contribution in [0.15, 0.2) is 255 Å². The van der Waals surface area contributed by atoms with Crippen molar-refractivity contribution in [3.8, 4) is 73.2 Å². The topological polar surface area (TPSA) is 43.6 Å². The quantitative estimate of drug-likeness (QED) is 0.160. The van der Waals surface area contributed by atoms with E-state index in [0.717, 1.165) is 88.3 Å². The molecule has 0 aliphatic carbocycles. The molecule has 0 fully saturated rings. The fourth-order valence-electron chi connectivity index (χ4n) is 10.9. The first-order valence-electron chi connectivity index (χ1n) is 24.2. The average molecular weight is 903 g/mol. The Bertz CT molecular complexity index is 4380. The Kier molecular flexibility index (Phi) is 9.49. The van der Waals surface area contributed by atoms with Crippen molar-refractivity contribution in [3.63, 3.8) is 0 Å². The van der Waals surface area contributed by atoms with Crippen molar-refractivity contribution in [3.05, 3.63) is 255 Å². The molecule has 71 heavy (non-hydrogen) atoms. The molecule has 0 atom stereocenters. The molecule has 12 aromatic carbocycles.